The van der Waals surface area contributed by atoms with Gasteiger partial charge in [-0.25, -0.2) is 5.48 Å². The molecular weight excluding hydrogens is 272 g/mol. The number of carbonyl (C=O) groups excluding carboxylic acids is 2. The standard InChI is InChI=1S/C15H22N2O4/c1-11-7-12(2)9-13(8-11)16-15(19)10-21-6-4-3-5-14(18)17-20/h7-9,20H,3-6,10H2,1-2H3,(H,16,19)(H,17,18). The lowest BCUT2D eigenvalue weighted by molar-refractivity contribution is -0.129. The Morgan fingerprint density at radius 3 is 2.38 bits per heavy atom. The molecule has 0 aliphatic rings. The van der Waals surface area contributed by atoms with E-state index in [0.29, 0.717) is 19.4 Å². The molecule has 3 N–H and O–H groups in total. The maximum absolute atomic E-state index is 11.7. The minimum atomic E-state index is -0.414. The van der Waals surface area contributed by atoms with Crippen molar-refractivity contribution in [3.8, 4) is 0 Å². The topological polar surface area (TPSA) is 87.7 Å². The molecule has 0 radical (unpaired) electrons. The SMILES string of the molecule is Cc1cc(C)cc(NC(=O)COCCCCC(=O)NO)c1. The summed E-state index contributed by atoms with van der Waals surface area (Å²) in [6, 6.07) is 5.84. The van der Waals surface area contributed by atoms with E-state index in [-0.39, 0.29) is 18.9 Å². The van der Waals surface area contributed by atoms with Crippen LogP contribution in [0.1, 0.15) is 30.4 Å². The summed E-state index contributed by atoms with van der Waals surface area (Å²) in [5.74, 6) is -0.615. The van der Waals surface area contributed by atoms with Gasteiger partial charge in [0.25, 0.3) is 0 Å². The number of aryl methyl sites for hydroxylation is 2. The number of nitrogens with one attached hydrogen (secondary N) is 2. The van der Waals surface area contributed by atoms with Crippen LogP contribution >= 0.6 is 0 Å². The highest BCUT2D eigenvalue weighted by atomic mass is 16.5. The van der Waals surface area contributed by atoms with E-state index in [9.17, 15) is 9.59 Å². The molecule has 6 nitrogen and oxygen atoms in total. The third-order valence-corrected chi connectivity index (χ3v) is 2.81. The number of unbranched alkanes of at least 4 members (excludes halogenated alkanes) is 1. The number of rotatable bonds is 8. The third-order valence-electron chi connectivity index (χ3n) is 2.81. The van der Waals surface area contributed by atoms with Gasteiger partial charge in [0.05, 0.1) is 0 Å². The lowest BCUT2D eigenvalue weighted by atomic mass is 10.1. The highest BCUT2D eigenvalue weighted by Crippen LogP contribution is 2.13. The van der Waals surface area contributed by atoms with Crippen LogP contribution in [-0.4, -0.2) is 30.2 Å². The van der Waals surface area contributed by atoms with Crippen molar-refractivity contribution >= 4 is 17.5 Å². The van der Waals surface area contributed by atoms with Crippen LogP contribution in [0.15, 0.2) is 18.2 Å². The summed E-state index contributed by atoms with van der Waals surface area (Å²) in [4.78, 5) is 22.4. The van der Waals surface area contributed by atoms with Crippen LogP contribution in [0.2, 0.25) is 0 Å². The second kappa shape index (κ2) is 9.10. The molecule has 0 bridgehead atoms. The van der Waals surface area contributed by atoms with Gasteiger partial charge < -0.3 is 10.1 Å². The van der Waals surface area contributed by atoms with Gasteiger partial charge in [0, 0.05) is 18.7 Å². The molecule has 6 heteroatoms. The summed E-state index contributed by atoms with van der Waals surface area (Å²) >= 11 is 0. The molecule has 0 aliphatic carbocycles. The Balaban J connectivity index is 2.18. The Morgan fingerprint density at radius 1 is 1.10 bits per heavy atom. The van der Waals surface area contributed by atoms with Crippen LogP contribution in [0.5, 0.6) is 0 Å². The normalized spacial score (nSPS) is 10.2. The number of hydroxylamine groups is 1. The molecule has 1 rings (SSSR count). The first-order valence-corrected chi connectivity index (χ1v) is 6.90. The quantitative estimate of drug-likeness (QED) is 0.388. The molecule has 0 atom stereocenters. The van der Waals surface area contributed by atoms with Crippen LogP contribution < -0.4 is 10.8 Å². The van der Waals surface area contributed by atoms with Gasteiger partial charge in [0.15, 0.2) is 0 Å². The average Bonchev–Trinajstić information content (AvgIpc) is 2.41. The zero-order valence-corrected chi connectivity index (χ0v) is 12.4. The van der Waals surface area contributed by atoms with Crippen LogP contribution in [0, 0.1) is 13.8 Å². The predicted molar refractivity (Wildman–Crippen MR) is 79.1 cm³/mol. The lowest BCUT2D eigenvalue weighted by Crippen LogP contribution is -2.19. The first kappa shape index (κ1) is 17.1. The number of hydrogen-bond donors (Lipinski definition) is 3. The molecule has 0 saturated heterocycles. The molecule has 0 saturated carbocycles. The fraction of sp³-hybridized carbons (Fsp3) is 0.467. The lowest BCUT2D eigenvalue weighted by Gasteiger charge is -2.08. The summed E-state index contributed by atoms with van der Waals surface area (Å²) in [5.41, 5.74) is 4.51. The van der Waals surface area contributed by atoms with Crippen molar-refractivity contribution in [2.24, 2.45) is 0 Å². The van der Waals surface area contributed by atoms with E-state index < -0.39 is 5.91 Å². The van der Waals surface area contributed by atoms with E-state index in [4.69, 9.17) is 9.94 Å². The average molecular weight is 294 g/mol. The first-order chi connectivity index (χ1) is 10.0. The van der Waals surface area contributed by atoms with Crippen LogP contribution in [0.4, 0.5) is 5.69 Å². The molecule has 2 amide bonds. The molecule has 1 aromatic rings. The van der Waals surface area contributed by atoms with Gasteiger partial charge in [-0.15, -0.1) is 0 Å². The van der Waals surface area contributed by atoms with Gasteiger partial charge in [0.1, 0.15) is 6.61 Å². The van der Waals surface area contributed by atoms with E-state index in [1.54, 1.807) is 5.48 Å². The smallest absolute Gasteiger partial charge is 0.250 e. The maximum atomic E-state index is 11.7. The Bertz CT molecular complexity index is 468. The van der Waals surface area contributed by atoms with Gasteiger partial charge in [-0.05, 0) is 49.9 Å². The second-order valence-corrected chi connectivity index (χ2v) is 4.97. The molecule has 0 heterocycles. The molecule has 0 unspecified atom stereocenters. The zero-order chi connectivity index (χ0) is 15.7. The van der Waals surface area contributed by atoms with Crippen molar-refractivity contribution in [2.75, 3.05) is 18.5 Å². The van der Waals surface area contributed by atoms with Crippen molar-refractivity contribution in [3.63, 3.8) is 0 Å². The zero-order valence-electron chi connectivity index (χ0n) is 12.4. The molecular formula is C15H22N2O4. The van der Waals surface area contributed by atoms with E-state index >= 15 is 0 Å². The van der Waals surface area contributed by atoms with Crippen molar-refractivity contribution in [2.45, 2.75) is 33.1 Å². The van der Waals surface area contributed by atoms with Crippen LogP contribution in [0.3, 0.4) is 0 Å². The molecule has 0 aromatic heterocycles. The summed E-state index contributed by atoms with van der Waals surface area (Å²) in [5, 5.41) is 11.1. The fourth-order valence-corrected chi connectivity index (χ4v) is 1.95. The van der Waals surface area contributed by atoms with E-state index in [1.807, 2.05) is 32.0 Å². The molecule has 21 heavy (non-hydrogen) atoms. The van der Waals surface area contributed by atoms with Crippen molar-refractivity contribution in [1.29, 1.82) is 0 Å². The molecule has 116 valence electrons. The monoisotopic (exact) mass is 294 g/mol. The Labute approximate surface area is 124 Å². The minimum absolute atomic E-state index is 0.0147. The minimum Gasteiger partial charge on any atom is -0.372 e. The van der Waals surface area contributed by atoms with Gasteiger partial charge in [-0.3, -0.25) is 14.8 Å². The van der Waals surface area contributed by atoms with Crippen molar-refractivity contribution in [3.05, 3.63) is 29.3 Å². The van der Waals surface area contributed by atoms with Gasteiger partial charge >= 0.3 is 0 Å². The van der Waals surface area contributed by atoms with Crippen LogP contribution in [-0.2, 0) is 14.3 Å². The summed E-state index contributed by atoms with van der Waals surface area (Å²) in [6.45, 7) is 4.33. The molecule has 0 fully saturated rings. The van der Waals surface area contributed by atoms with Crippen molar-refractivity contribution < 1.29 is 19.5 Å². The highest BCUT2D eigenvalue weighted by molar-refractivity contribution is 5.91. The number of hydrogen-bond acceptors (Lipinski definition) is 4. The Kier molecular flexibility index (Phi) is 7.42. The number of carbonyl (C=O) groups is 2. The second-order valence-electron chi connectivity index (χ2n) is 4.97. The number of anilines is 1. The maximum Gasteiger partial charge on any atom is 0.250 e. The third kappa shape index (κ3) is 7.43. The molecule has 1 aromatic carbocycles. The Morgan fingerprint density at radius 2 is 1.76 bits per heavy atom. The molecule has 0 spiro atoms. The first-order valence-electron chi connectivity index (χ1n) is 6.90. The van der Waals surface area contributed by atoms with E-state index in [2.05, 4.69) is 5.32 Å². The number of ether oxygens (including phenoxy) is 1. The highest BCUT2D eigenvalue weighted by Gasteiger charge is 2.04. The number of benzene rings is 1. The van der Waals surface area contributed by atoms with E-state index in [1.165, 1.54) is 0 Å². The Hall–Kier alpha value is -1.92. The van der Waals surface area contributed by atoms with Crippen LogP contribution in [0.25, 0.3) is 0 Å². The van der Waals surface area contributed by atoms with Gasteiger partial charge in [-0.1, -0.05) is 6.07 Å². The van der Waals surface area contributed by atoms with Gasteiger partial charge in [0.2, 0.25) is 11.8 Å². The van der Waals surface area contributed by atoms with Crippen molar-refractivity contribution in [1.82, 2.24) is 5.48 Å². The van der Waals surface area contributed by atoms with Gasteiger partial charge in [-0.2, -0.15) is 0 Å². The summed E-state index contributed by atoms with van der Waals surface area (Å²) < 4.78 is 5.24. The summed E-state index contributed by atoms with van der Waals surface area (Å²) in [6.07, 6.45) is 1.50. The fourth-order valence-electron chi connectivity index (χ4n) is 1.95. The summed E-state index contributed by atoms with van der Waals surface area (Å²) in [7, 11) is 0. The number of amides is 2. The largest absolute Gasteiger partial charge is 0.372 e. The predicted octanol–water partition coefficient (Wildman–Crippen LogP) is 1.93. The molecule has 0 aliphatic heterocycles. The van der Waals surface area contributed by atoms with E-state index in [0.717, 1.165) is 16.8 Å².